The fourth-order valence-electron chi connectivity index (χ4n) is 1.76. The van der Waals surface area contributed by atoms with E-state index in [9.17, 15) is 9.59 Å². The van der Waals surface area contributed by atoms with Crippen molar-refractivity contribution in [1.29, 1.82) is 0 Å². The first kappa shape index (κ1) is 16.7. The van der Waals surface area contributed by atoms with Gasteiger partial charge in [-0.05, 0) is 61.1 Å². The van der Waals surface area contributed by atoms with Gasteiger partial charge in [-0.3, -0.25) is 9.59 Å². The summed E-state index contributed by atoms with van der Waals surface area (Å²) in [6.45, 7) is 5.66. The smallest absolute Gasteiger partial charge is 0.307 e. The summed E-state index contributed by atoms with van der Waals surface area (Å²) in [5.41, 5.74) is 7.71. The molecule has 0 bridgehead atoms. The maximum absolute atomic E-state index is 12.2. The highest BCUT2D eigenvalue weighted by atomic mass is 127. The molecule has 0 fully saturated rings. The van der Waals surface area contributed by atoms with Gasteiger partial charge in [-0.2, -0.15) is 0 Å². The first-order valence-corrected chi connectivity index (χ1v) is 7.45. The standard InChI is InChI=1S/C14H19IN2O3/c1-4-20-13(18)5-8(2)17-14(19)11-6-10(15)7-12(16)9(11)3/h6-8H,4-5,16H2,1-3H3,(H,17,19). The maximum atomic E-state index is 12.2. The van der Waals surface area contributed by atoms with Crippen molar-refractivity contribution in [2.24, 2.45) is 0 Å². The Morgan fingerprint density at radius 3 is 2.70 bits per heavy atom. The van der Waals surface area contributed by atoms with E-state index in [-0.39, 0.29) is 24.3 Å². The largest absolute Gasteiger partial charge is 0.466 e. The van der Waals surface area contributed by atoms with Crippen LogP contribution in [-0.4, -0.2) is 24.5 Å². The Balaban J connectivity index is 2.74. The molecule has 1 unspecified atom stereocenters. The molecule has 0 spiro atoms. The molecule has 20 heavy (non-hydrogen) atoms. The third-order valence-corrected chi connectivity index (χ3v) is 3.44. The van der Waals surface area contributed by atoms with Gasteiger partial charge in [-0.15, -0.1) is 0 Å². The minimum absolute atomic E-state index is 0.151. The molecule has 110 valence electrons. The van der Waals surface area contributed by atoms with E-state index in [1.807, 2.05) is 6.07 Å². The molecule has 1 atom stereocenters. The number of esters is 1. The number of hydrogen-bond donors (Lipinski definition) is 2. The molecule has 0 aliphatic rings. The summed E-state index contributed by atoms with van der Waals surface area (Å²) in [5, 5.41) is 2.78. The normalized spacial score (nSPS) is 11.8. The average molecular weight is 390 g/mol. The predicted octanol–water partition coefficient (Wildman–Crippen LogP) is 2.25. The fourth-order valence-corrected chi connectivity index (χ4v) is 2.41. The van der Waals surface area contributed by atoms with Crippen LogP contribution in [0.5, 0.6) is 0 Å². The predicted molar refractivity (Wildman–Crippen MR) is 86.5 cm³/mol. The summed E-state index contributed by atoms with van der Waals surface area (Å²) in [5.74, 6) is -0.552. The molecule has 1 rings (SSSR count). The topological polar surface area (TPSA) is 81.4 Å². The van der Waals surface area contributed by atoms with Gasteiger partial charge in [0.25, 0.3) is 5.91 Å². The minimum atomic E-state index is -0.320. The van der Waals surface area contributed by atoms with Gasteiger partial charge in [-0.25, -0.2) is 0 Å². The number of benzene rings is 1. The minimum Gasteiger partial charge on any atom is -0.466 e. The van der Waals surface area contributed by atoms with Crippen LogP contribution in [0.2, 0.25) is 0 Å². The molecule has 0 radical (unpaired) electrons. The van der Waals surface area contributed by atoms with Crippen LogP contribution in [0.25, 0.3) is 0 Å². The van der Waals surface area contributed by atoms with Crippen molar-refractivity contribution >= 4 is 40.2 Å². The number of nitrogens with one attached hydrogen (secondary N) is 1. The van der Waals surface area contributed by atoms with Crippen molar-refractivity contribution < 1.29 is 14.3 Å². The second-order valence-corrected chi connectivity index (χ2v) is 5.80. The van der Waals surface area contributed by atoms with E-state index in [2.05, 4.69) is 27.9 Å². The molecule has 0 aliphatic carbocycles. The number of rotatable bonds is 5. The van der Waals surface area contributed by atoms with Crippen molar-refractivity contribution in [2.45, 2.75) is 33.2 Å². The Morgan fingerprint density at radius 1 is 1.45 bits per heavy atom. The van der Waals surface area contributed by atoms with E-state index in [0.717, 1.165) is 9.13 Å². The molecule has 0 heterocycles. The van der Waals surface area contributed by atoms with E-state index in [4.69, 9.17) is 10.5 Å². The number of anilines is 1. The van der Waals surface area contributed by atoms with Gasteiger partial charge in [-0.1, -0.05) is 0 Å². The highest BCUT2D eigenvalue weighted by Crippen LogP contribution is 2.20. The van der Waals surface area contributed by atoms with E-state index in [0.29, 0.717) is 17.9 Å². The Bertz CT molecular complexity index is 517. The molecular weight excluding hydrogens is 371 g/mol. The monoisotopic (exact) mass is 390 g/mol. The van der Waals surface area contributed by atoms with E-state index >= 15 is 0 Å². The second-order valence-electron chi connectivity index (χ2n) is 4.55. The first-order valence-electron chi connectivity index (χ1n) is 6.37. The summed E-state index contributed by atoms with van der Waals surface area (Å²) in [4.78, 5) is 23.5. The molecule has 0 saturated heterocycles. The van der Waals surface area contributed by atoms with E-state index < -0.39 is 0 Å². The van der Waals surface area contributed by atoms with Crippen molar-refractivity contribution in [1.82, 2.24) is 5.32 Å². The zero-order valence-electron chi connectivity index (χ0n) is 11.8. The SMILES string of the molecule is CCOC(=O)CC(C)NC(=O)c1cc(I)cc(N)c1C. The van der Waals surface area contributed by atoms with Gasteiger partial charge in [0.1, 0.15) is 0 Å². The Labute approximate surface area is 132 Å². The van der Waals surface area contributed by atoms with Crippen LogP contribution in [0.4, 0.5) is 5.69 Å². The van der Waals surface area contributed by atoms with Gasteiger partial charge in [0.05, 0.1) is 13.0 Å². The summed E-state index contributed by atoms with van der Waals surface area (Å²) in [6, 6.07) is 3.30. The molecule has 1 aromatic carbocycles. The van der Waals surface area contributed by atoms with Gasteiger partial charge >= 0.3 is 5.97 Å². The van der Waals surface area contributed by atoms with E-state index in [1.54, 1.807) is 26.8 Å². The zero-order chi connectivity index (χ0) is 15.3. The third kappa shape index (κ3) is 4.66. The maximum Gasteiger partial charge on any atom is 0.307 e. The molecular formula is C14H19IN2O3. The number of nitrogens with two attached hydrogens (primary N) is 1. The van der Waals surface area contributed by atoms with Crippen LogP contribution >= 0.6 is 22.6 Å². The average Bonchev–Trinajstić information content (AvgIpc) is 2.33. The molecule has 1 aromatic rings. The van der Waals surface area contributed by atoms with Gasteiger partial charge in [0.15, 0.2) is 0 Å². The lowest BCUT2D eigenvalue weighted by Crippen LogP contribution is -2.35. The zero-order valence-corrected chi connectivity index (χ0v) is 14.0. The second kappa shape index (κ2) is 7.47. The Kier molecular flexibility index (Phi) is 6.25. The van der Waals surface area contributed by atoms with Crippen molar-refractivity contribution in [2.75, 3.05) is 12.3 Å². The number of halogens is 1. The summed E-state index contributed by atoms with van der Waals surface area (Å²) in [6.07, 6.45) is 0.151. The lowest BCUT2D eigenvalue weighted by atomic mass is 10.1. The van der Waals surface area contributed by atoms with Gasteiger partial charge in [0, 0.05) is 20.9 Å². The molecule has 1 amide bonds. The lowest BCUT2D eigenvalue weighted by Gasteiger charge is -2.15. The van der Waals surface area contributed by atoms with Crippen molar-refractivity contribution in [3.63, 3.8) is 0 Å². The number of amides is 1. The molecule has 0 saturated carbocycles. The highest BCUT2D eigenvalue weighted by Gasteiger charge is 2.16. The number of nitrogen functional groups attached to an aromatic ring is 1. The summed E-state index contributed by atoms with van der Waals surface area (Å²) >= 11 is 2.11. The van der Waals surface area contributed by atoms with Crippen LogP contribution in [0.3, 0.4) is 0 Å². The Morgan fingerprint density at radius 2 is 2.10 bits per heavy atom. The molecule has 0 aromatic heterocycles. The third-order valence-electron chi connectivity index (χ3n) is 2.81. The van der Waals surface area contributed by atoms with Crippen LogP contribution in [0.15, 0.2) is 12.1 Å². The van der Waals surface area contributed by atoms with Crippen molar-refractivity contribution in [3.05, 3.63) is 26.8 Å². The van der Waals surface area contributed by atoms with Gasteiger partial charge in [0.2, 0.25) is 0 Å². The van der Waals surface area contributed by atoms with Crippen LogP contribution in [0.1, 0.15) is 36.2 Å². The number of carbonyl (C=O) groups excluding carboxylic acids is 2. The Hall–Kier alpha value is -1.31. The van der Waals surface area contributed by atoms with Gasteiger partial charge < -0.3 is 15.8 Å². The fraction of sp³-hybridized carbons (Fsp3) is 0.429. The summed E-state index contributed by atoms with van der Waals surface area (Å²) in [7, 11) is 0. The summed E-state index contributed by atoms with van der Waals surface area (Å²) < 4.78 is 5.75. The van der Waals surface area contributed by atoms with Crippen LogP contribution in [0, 0.1) is 10.5 Å². The molecule has 0 aliphatic heterocycles. The number of carbonyl (C=O) groups is 2. The molecule has 6 heteroatoms. The van der Waals surface area contributed by atoms with Crippen molar-refractivity contribution in [3.8, 4) is 0 Å². The van der Waals surface area contributed by atoms with E-state index in [1.165, 1.54) is 0 Å². The first-order chi connectivity index (χ1) is 9.35. The highest BCUT2D eigenvalue weighted by molar-refractivity contribution is 14.1. The number of hydrogen-bond acceptors (Lipinski definition) is 4. The molecule has 3 N–H and O–H groups in total. The lowest BCUT2D eigenvalue weighted by molar-refractivity contribution is -0.143. The quantitative estimate of drug-likeness (QED) is 0.459. The van der Waals surface area contributed by atoms with Crippen LogP contribution in [-0.2, 0) is 9.53 Å². The molecule has 5 nitrogen and oxygen atoms in total. The van der Waals surface area contributed by atoms with Crippen LogP contribution < -0.4 is 11.1 Å². The number of ether oxygens (including phenoxy) is 1.